The first-order valence-electron chi connectivity index (χ1n) is 8.33. The minimum absolute atomic E-state index is 0.215. The van der Waals surface area contributed by atoms with Gasteiger partial charge in [0, 0.05) is 10.4 Å². The third-order valence-corrected chi connectivity index (χ3v) is 4.59. The Labute approximate surface area is 162 Å². The number of benzene rings is 1. The molecule has 0 saturated carbocycles. The van der Waals surface area contributed by atoms with E-state index in [0.717, 1.165) is 10.4 Å². The SMILES string of the molecule is C=CCOc1ccc(-c2c(C)sc(NC(=O)CC#N)c2C(=O)OCC)cc1. The number of hydrogen-bond donors (Lipinski definition) is 1. The molecule has 0 aliphatic heterocycles. The highest BCUT2D eigenvalue weighted by Crippen LogP contribution is 2.40. The molecular formula is C20H20N2O4S. The van der Waals surface area contributed by atoms with Crippen LogP contribution in [0.5, 0.6) is 5.75 Å². The van der Waals surface area contributed by atoms with Crippen LogP contribution in [0.1, 0.15) is 28.6 Å². The topological polar surface area (TPSA) is 88.4 Å². The molecule has 0 aliphatic carbocycles. The van der Waals surface area contributed by atoms with E-state index < -0.39 is 11.9 Å². The molecule has 1 aromatic carbocycles. The van der Waals surface area contributed by atoms with E-state index in [0.29, 0.717) is 28.5 Å². The number of ether oxygens (including phenoxy) is 2. The van der Waals surface area contributed by atoms with E-state index in [2.05, 4.69) is 11.9 Å². The van der Waals surface area contributed by atoms with Gasteiger partial charge in [-0.15, -0.1) is 11.3 Å². The number of amides is 1. The molecular weight excluding hydrogens is 364 g/mol. The first kappa shape index (κ1) is 20.2. The fourth-order valence-electron chi connectivity index (χ4n) is 2.49. The quantitative estimate of drug-likeness (QED) is 0.541. The predicted molar refractivity (Wildman–Crippen MR) is 105 cm³/mol. The van der Waals surface area contributed by atoms with Crippen LogP contribution in [-0.2, 0) is 9.53 Å². The number of nitriles is 1. The summed E-state index contributed by atoms with van der Waals surface area (Å²) in [6.45, 7) is 7.81. The summed E-state index contributed by atoms with van der Waals surface area (Å²) in [7, 11) is 0. The van der Waals surface area contributed by atoms with Gasteiger partial charge in [0.1, 0.15) is 29.3 Å². The summed E-state index contributed by atoms with van der Waals surface area (Å²) >= 11 is 1.28. The van der Waals surface area contributed by atoms with E-state index >= 15 is 0 Å². The van der Waals surface area contributed by atoms with Crippen LogP contribution in [0.25, 0.3) is 11.1 Å². The van der Waals surface area contributed by atoms with Gasteiger partial charge in [0.2, 0.25) is 5.91 Å². The van der Waals surface area contributed by atoms with Crippen LogP contribution in [0.4, 0.5) is 5.00 Å². The first-order valence-corrected chi connectivity index (χ1v) is 9.14. The number of hydrogen-bond acceptors (Lipinski definition) is 6. The Morgan fingerprint density at radius 1 is 1.33 bits per heavy atom. The molecule has 0 fully saturated rings. The predicted octanol–water partition coefficient (Wildman–Crippen LogP) is 4.32. The van der Waals surface area contributed by atoms with Crippen molar-refractivity contribution in [1.82, 2.24) is 0 Å². The standard InChI is InChI=1S/C20H20N2O4S/c1-4-12-26-15-8-6-14(7-9-15)17-13(3)27-19(22-16(23)10-11-21)18(17)20(24)25-5-2/h4,6-9H,1,5,10,12H2,2-3H3,(H,22,23). The van der Waals surface area contributed by atoms with Crippen LogP contribution >= 0.6 is 11.3 Å². The molecule has 0 bridgehead atoms. The van der Waals surface area contributed by atoms with Crippen LogP contribution in [0.15, 0.2) is 36.9 Å². The van der Waals surface area contributed by atoms with Gasteiger partial charge in [-0.3, -0.25) is 4.79 Å². The molecule has 27 heavy (non-hydrogen) atoms. The van der Waals surface area contributed by atoms with Crippen LogP contribution in [0.2, 0.25) is 0 Å². The molecule has 6 nitrogen and oxygen atoms in total. The van der Waals surface area contributed by atoms with Gasteiger partial charge >= 0.3 is 5.97 Å². The Morgan fingerprint density at radius 3 is 2.63 bits per heavy atom. The third-order valence-electron chi connectivity index (χ3n) is 3.57. The summed E-state index contributed by atoms with van der Waals surface area (Å²) in [5.74, 6) is -0.299. The number of nitrogens with one attached hydrogen (secondary N) is 1. The van der Waals surface area contributed by atoms with Gasteiger partial charge in [0.15, 0.2) is 0 Å². The van der Waals surface area contributed by atoms with Crippen molar-refractivity contribution in [2.24, 2.45) is 0 Å². The monoisotopic (exact) mass is 384 g/mol. The zero-order valence-corrected chi connectivity index (χ0v) is 16.0. The average molecular weight is 384 g/mol. The second-order valence-corrected chi connectivity index (χ2v) is 6.69. The van der Waals surface area contributed by atoms with Gasteiger partial charge in [0.05, 0.1) is 12.7 Å². The Morgan fingerprint density at radius 2 is 2.04 bits per heavy atom. The Balaban J connectivity index is 2.46. The minimum Gasteiger partial charge on any atom is -0.490 e. The molecule has 0 atom stereocenters. The minimum atomic E-state index is -0.518. The summed E-state index contributed by atoms with van der Waals surface area (Å²) in [6, 6.07) is 9.09. The zero-order valence-electron chi connectivity index (χ0n) is 15.2. The molecule has 0 unspecified atom stereocenters. The molecule has 1 N–H and O–H groups in total. The summed E-state index contributed by atoms with van der Waals surface area (Å²) in [4.78, 5) is 25.2. The second-order valence-electron chi connectivity index (χ2n) is 5.46. The van der Waals surface area contributed by atoms with Crippen LogP contribution in [-0.4, -0.2) is 25.1 Å². The summed E-state index contributed by atoms with van der Waals surface area (Å²) in [6.07, 6.45) is 1.37. The van der Waals surface area contributed by atoms with Crippen molar-refractivity contribution in [3.05, 3.63) is 47.4 Å². The first-order chi connectivity index (χ1) is 13.0. The molecule has 0 radical (unpaired) electrons. The fourth-order valence-corrected chi connectivity index (χ4v) is 3.57. The molecule has 1 heterocycles. The fraction of sp³-hybridized carbons (Fsp3) is 0.250. The third kappa shape index (κ3) is 4.96. The molecule has 1 amide bonds. The molecule has 2 aromatic rings. The number of carbonyl (C=O) groups excluding carboxylic acids is 2. The number of nitrogens with zero attached hydrogens (tertiary/aromatic N) is 1. The normalized spacial score (nSPS) is 9.96. The van der Waals surface area contributed by atoms with Gasteiger partial charge in [-0.2, -0.15) is 5.26 Å². The molecule has 0 spiro atoms. The number of esters is 1. The van der Waals surface area contributed by atoms with Crippen molar-refractivity contribution in [1.29, 1.82) is 5.26 Å². The Kier molecular flexibility index (Phi) is 7.15. The van der Waals surface area contributed by atoms with Gasteiger partial charge in [-0.05, 0) is 31.5 Å². The maximum Gasteiger partial charge on any atom is 0.341 e. The van der Waals surface area contributed by atoms with Crippen LogP contribution in [0.3, 0.4) is 0 Å². The molecule has 2 rings (SSSR count). The van der Waals surface area contributed by atoms with Crippen molar-refractivity contribution in [2.75, 3.05) is 18.5 Å². The van der Waals surface area contributed by atoms with E-state index in [1.165, 1.54) is 11.3 Å². The van der Waals surface area contributed by atoms with E-state index in [-0.39, 0.29) is 13.0 Å². The van der Waals surface area contributed by atoms with Crippen LogP contribution < -0.4 is 10.1 Å². The lowest BCUT2D eigenvalue weighted by Gasteiger charge is -2.09. The lowest BCUT2D eigenvalue weighted by Crippen LogP contribution is -2.13. The van der Waals surface area contributed by atoms with Gasteiger partial charge < -0.3 is 14.8 Å². The van der Waals surface area contributed by atoms with Gasteiger partial charge in [-0.25, -0.2) is 4.79 Å². The molecule has 0 saturated heterocycles. The molecule has 7 heteroatoms. The number of aryl methyl sites for hydroxylation is 1. The Hall–Kier alpha value is -3.11. The van der Waals surface area contributed by atoms with E-state index in [4.69, 9.17) is 14.7 Å². The van der Waals surface area contributed by atoms with Crippen molar-refractivity contribution in [3.8, 4) is 22.9 Å². The summed E-state index contributed by atoms with van der Waals surface area (Å²) in [5.41, 5.74) is 1.80. The van der Waals surface area contributed by atoms with Crippen molar-refractivity contribution in [2.45, 2.75) is 20.3 Å². The largest absolute Gasteiger partial charge is 0.490 e. The highest BCUT2D eigenvalue weighted by Gasteiger charge is 2.25. The number of rotatable bonds is 8. The number of thiophene rings is 1. The number of carbonyl (C=O) groups is 2. The maximum atomic E-state index is 12.6. The number of anilines is 1. The lowest BCUT2D eigenvalue weighted by molar-refractivity contribution is -0.115. The van der Waals surface area contributed by atoms with Crippen molar-refractivity contribution < 1.29 is 19.1 Å². The molecule has 1 aromatic heterocycles. The highest BCUT2D eigenvalue weighted by molar-refractivity contribution is 7.17. The average Bonchev–Trinajstić information content (AvgIpc) is 2.96. The molecule has 0 aliphatic rings. The van der Waals surface area contributed by atoms with Crippen molar-refractivity contribution in [3.63, 3.8) is 0 Å². The van der Waals surface area contributed by atoms with Gasteiger partial charge in [0.25, 0.3) is 0 Å². The summed E-state index contributed by atoms with van der Waals surface area (Å²) in [5, 5.41) is 11.7. The molecule has 140 valence electrons. The maximum absolute atomic E-state index is 12.6. The zero-order chi connectivity index (χ0) is 19.8. The van der Waals surface area contributed by atoms with E-state index in [1.807, 2.05) is 19.1 Å². The second kappa shape index (κ2) is 9.55. The smallest absolute Gasteiger partial charge is 0.341 e. The summed E-state index contributed by atoms with van der Waals surface area (Å²) < 4.78 is 10.7. The van der Waals surface area contributed by atoms with Gasteiger partial charge in [-0.1, -0.05) is 24.8 Å². The highest BCUT2D eigenvalue weighted by atomic mass is 32.1. The van der Waals surface area contributed by atoms with E-state index in [9.17, 15) is 9.59 Å². The van der Waals surface area contributed by atoms with Crippen molar-refractivity contribution >= 4 is 28.2 Å². The van der Waals surface area contributed by atoms with Crippen LogP contribution in [0, 0.1) is 18.3 Å². The van der Waals surface area contributed by atoms with E-state index in [1.54, 1.807) is 31.2 Å². The lowest BCUT2D eigenvalue weighted by atomic mass is 10.0. The Bertz CT molecular complexity index is 879.